The Morgan fingerprint density at radius 2 is 2.42 bits per heavy atom. The van der Waals surface area contributed by atoms with Crippen LogP contribution in [0.15, 0.2) is 0 Å². The second kappa shape index (κ2) is 3.86. The number of hydrogen-bond acceptors (Lipinski definition) is 2. The third-order valence-electron chi connectivity index (χ3n) is 2.27. The first-order valence-corrected chi connectivity index (χ1v) is 4.42. The van der Waals surface area contributed by atoms with E-state index < -0.39 is 5.67 Å². The van der Waals surface area contributed by atoms with Crippen molar-refractivity contribution in [1.29, 1.82) is 5.26 Å². The molecule has 1 rings (SSSR count). The van der Waals surface area contributed by atoms with E-state index in [1.165, 1.54) is 0 Å². The SMILES string of the molecule is CC1(F)CCN(CCCC#N)C1. The molecule has 1 unspecified atom stereocenters. The van der Waals surface area contributed by atoms with Crippen LogP contribution in [0.4, 0.5) is 4.39 Å². The molecule has 0 aromatic heterocycles. The van der Waals surface area contributed by atoms with Gasteiger partial charge in [0.15, 0.2) is 0 Å². The van der Waals surface area contributed by atoms with Crippen molar-refractivity contribution in [3.63, 3.8) is 0 Å². The molecular formula is C9H15FN2. The summed E-state index contributed by atoms with van der Waals surface area (Å²) in [5.74, 6) is 0. The van der Waals surface area contributed by atoms with Crippen molar-refractivity contribution in [2.45, 2.75) is 31.9 Å². The third kappa shape index (κ3) is 2.78. The molecule has 68 valence electrons. The molecule has 0 aliphatic carbocycles. The molecule has 0 aromatic carbocycles. The van der Waals surface area contributed by atoms with Crippen molar-refractivity contribution in [3.8, 4) is 6.07 Å². The summed E-state index contributed by atoms with van der Waals surface area (Å²) in [6.45, 7) is 3.90. The maximum Gasteiger partial charge on any atom is 0.122 e. The first kappa shape index (κ1) is 9.47. The molecule has 0 saturated carbocycles. The lowest BCUT2D eigenvalue weighted by atomic mass is 10.1. The van der Waals surface area contributed by atoms with Crippen LogP contribution in [0.1, 0.15) is 26.2 Å². The van der Waals surface area contributed by atoms with Crippen LogP contribution in [-0.2, 0) is 0 Å². The molecule has 1 fully saturated rings. The first-order chi connectivity index (χ1) is 5.64. The van der Waals surface area contributed by atoms with Crippen molar-refractivity contribution >= 4 is 0 Å². The number of halogens is 1. The van der Waals surface area contributed by atoms with Crippen LogP contribution in [-0.4, -0.2) is 30.2 Å². The van der Waals surface area contributed by atoms with E-state index in [1.54, 1.807) is 6.92 Å². The topological polar surface area (TPSA) is 27.0 Å². The molecular weight excluding hydrogens is 155 g/mol. The van der Waals surface area contributed by atoms with Crippen LogP contribution in [0.25, 0.3) is 0 Å². The lowest BCUT2D eigenvalue weighted by molar-refractivity contribution is 0.188. The third-order valence-corrected chi connectivity index (χ3v) is 2.27. The Morgan fingerprint density at radius 3 is 2.92 bits per heavy atom. The predicted octanol–water partition coefficient (Wildman–Crippen LogP) is 1.72. The van der Waals surface area contributed by atoms with Gasteiger partial charge < -0.3 is 4.90 Å². The minimum absolute atomic E-state index is 0.540. The second-order valence-corrected chi connectivity index (χ2v) is 3.70. The van der Waals surface area contributed by atoms with Gasteiger partial charge in [0.25, 0.3) is 0 Å². The van der Waals surface area contributed by atoms with Crippen LogP contribution in [0.3, 0.4) is 0 Å². The van der Waals surface area contributed by atoms with Gasteiger partial charge in [-0.1, -0.05) is 0 Å². The Balaban J connectivity index is 2.16. The van der Waals surface area contributed by atoms with Gasteiger partial charge in [0.1, 0.15) is 5.67 Å². The Bertz CT molecular complexity index is 183. The van der Waals surface area contributed by atoms with E-state index in [2.05, 4.69) is 11.0 Å². The number of hydrogen-bond donors (Lipinski definition) is 0. The number of rotatable bonds is 3. The van der Waals surface area contributed by atoms with Gasteiger partial charge in [0, 0.05) is 19.5 Å². The molecule has 1 heterocycles. The van der Waals surface area contributed by atoms with Gasteiger partial charge in [-0.05, 0) is 26.3 Å². The molecule has 0 radical (unpaired) electrons. The molecule has 0 aromatic rings. The molecule has 0 spiro atoms. The monoisotopic (exact) mass is 170 g/mol. The van der Waals surface area contributed by atoms with Gasteiger partial charge in [-0.2, -0.15) is 5.26 Å². The highest BCUT2D eigenvalue weighted by atomic mass is 19.1. The normalized spacial score (nSPS) is 30.4. The summed E-state index contributed by atoms with van der Waals surface area (Å²) in [5.41, 5.74) is -0.993. The fraction of sp³-hybridized carbons (Fsp3) is 0.889. The average Bonchev–Trinajstić information content (AvgIpc) is 2.31. The summed E-state index contributed by atoms with van der Waals surface area (Å²) in [6, 6.07) is 2.09. The lowest BCUT2D eigenvalue weighted by Crippen LogP contribution is -2.26. The van der Waals surface area contributed by atoms with Gasteiger partial charge in [0.2, 0.25) is 0 Å². The van der Waals surface area contributed by atoms with E-state index in [0.29, 0.717) is 19.4 Å². The Hall–Kier alpha value is -0.620. The number of unbranched alkanes of at least 4 members (excludes halogenated alkanes) is 1. The molecule has 0 bridgehead atoms. The molecule has 1 saturated heterocycles. The van der Waals surface area contributed by atoms with E-state index in [0.717, 1.165) is 19.5 Å². The maximum absolute atomic E-state index is 13.3. The van der Waals surface area contributed by atoms with Gasteiger partial charge in [0.05, 0.1) is 6.07 Å². The molecule has 12 heavy (non-hydrogen) atoms. The van der Waals surface area contributed by atoms with Crippen LogP contribution in [0.2, 0.25) is 0 Å². The molecule has 3 heteroatoms. The van der Waals surface area contributed by atoms with Gasteiger partial charge >= 0.3 is 0 Å². The molecule has 1 aliphatic rings. The van der Waals surface area contributed by atoms with Gasteiger partial charge in [-0.3, -0.25) is 0 Å². The second-order valence-electron chi connectivity index (χ2n) is 3.70. The molecule has 0 amide bonds. The van der Waals surface area contributed by atoms with Crippen molar-refractivity contribution in [3.05, 3.63) is 0 Å². The van der Waals surface area contributed by atoms with Crippen LogP contribution < -0.4 is 0 Å². The number of nitriles is 1. The van der Waals surface area contributed by atoms with Crippen LogP contribution in [0, 0.1) is 11.3 Å². The fourth-order valence-corrected chi connectivity index (χ4v) is 1.59. The van der Waals surface area contributed by atoms with Gasteiger partial charge in [-0.15, -0.1) is 0 Å². The number of likely N-dealkylation sites (tertiary alicyclic amines) is 1. The van der Waals surface area contributed by atoms with Crippen molar-refractivity contribution in [2.75, 3.05) is 19.6 Å². The summed E-state index contributed by atoms with van der Waals surface area (Å²) >= 11 is 0. The smallest absolute Gasteiger partial charge is 0.122 e. The first-order valence-electron chi connectivity index (χ1n) is 4.42. The fourth-order valence-electron chi connectivity index (χ4n) is 1.59. The van der Waals surface area contributed by atoms with Crippen molar-refractivity contribution in [2.24, 2.45) is 0 Å². The summed E-state index contributed by atoms with van der Waals surface area (Å²) in [6.07, 6.45) is 2.09. The molecule has 1 aliphatic heterocycles. The largest absolute Gasteiger partial charge is 0.300 e. The zero-order chi connectivity index (χ0) is 9.03. The highest BCUT2D eigenvalue weighted by Gasteiger charge is 2.32. The number of nitrogens with zero attached hydrogens (tertiary/aromatic N) is 2. The minimum atomic E-state index is -0.993. The van der Waals surface area contributed by atoms with E-state index in [-0.39, 0.29) is 0 Å². The number of alkyl halides is 1. The molecule has 1 atom stereocenters. The summed E-state index contributed by atoms with van der Waals surface area (Å²) < 4.78 is 13.3. The zero-order valence-corrected chi connectivity index (χ0v) is 7.52. The van der Waals surface area contributed by atoms with E-state index in [9.17, 15) is 4.39 Å². The molecule has 0 N–H and O–H groups in total. The zero-order valence-electron chi connectivity index (χ0n) is 7.52. The van der Waals surface area contributed by atoms with Crippen LogP contribution >= 0.6 is 0 Å². The lowest BCUT2D eigenvalue weighted by Gasteiger charge is -2.15. The van der Waals surface area contributed by atoms with E-state index in [4.69, 9.17) is 5.26 Å². The Labute approximate surface area is 73.0 Å². The Morgan fingerprint density at radius 1 is 1.67 bits per heavy atom. The average molecular weight is 170 g/mol. The maximum atomic E-state index is 13.3. The highest BCUT2D eigenvalue weighted by Crippen LogP contribution is 2.24. The minimum Gasteiger partial charge on any atom is -0.300 e. The summed E-state index contributed by atoms with van der Waals surface area (Å²) in [5, 5.41) is 8.30. The summed E-state index contributed by atoms with van der Waals surface area (Å²) in [4.78, 5) is 2.09. The Kier molecular flexibility index (Phi) is 3.05. The standard InChI is InChI=1S/C9H15FN2/c1-9(10)4-7-12(8-9)6-3-2-5-11/h2-4,6-8H2,1H3. The van der Waals surface area contributed by atoms with Crippen LogP contribution in [0.5, 0.6) is 0 Å². The van der Waals surface area contributed by atoms with Gasteiger partial charge in [-0.25, -0.2) is 4.39 Å². The molecule has 2 nitrogen and oxygen atoms in total. The summed E-state index contributed by atoms with van der Waals surface area (Å²) in [7, 11) is 0. The highest BCUT2D eigenvalue weighted by molar-refractivity contribution is 4.86. The predicted molar refractivity (Wildman–Crippen MR) is 45.4 cm³/mol. The van der Waals surface area contributed by atoms with E-state index in [1.807, 2.05) is 0 Å². The van der Waals surface area contributed by atoms with E-state index >= 15 is 0 Å². The van der Waals surface area contributed by atoms with Crippen molar-refractivity contribution in [1.82, 2.24) is 4.90 Å². The van der Waals surface area contributed by atoms with Crippen molar-refractivity contribution < 1.29 is 4.39 Å². The quantitative estimate of drug-likeness (QED) is 0.603.